The number of pyridine rings is 1. The van der Waals surface area contributed by atoms with Gasteiger partial charge < -0.3 is 4.90 Å². The van der Waals surface area contributed by atoms with E-state index in [1.807, 2.05) is 17.0 Å². The number of fused-ring (bicyclic) bond motifs is 2. The second-order valence-electron chi connectivity index (χ2n) is 5.05. The molecule has 3 heterocycles. The van der Waals surface area contributed by atoms with Crippen molar-refractivity contribution in [2.24, 2.45) is 5.92 Å². The van der Waals surface area contributed by atoms with E-state index in [0.717, 1.165) is 18.8 Å². The van der Waals surface area contributed by atoms with Crippen molar-refractivity contribution in [3.8, 4) is 0 Å². The molecule has 2 saturated heterocycles. The van der Waals surface area contributed by atoms with E-state index in [9.17, 15) is 4.79 Å². The Morgan fingerprint density at radius 1 is 1.31 bits per heavy atom. The molecule has 1 saturated carbocycles. The Hall–Kier alpha value is -1.38. The fourth-order valence-corrected chi connectivity index (χ4v) is 3.10. The second kappa shape index (κ2) is 3.58. The van der Waals surface area contributed by atoms with E-state index in [1.54, 1.807) is 12.3 Å². The van der Waals surface area contributed by atoms with Crippen LogP contribution in [0.5, 0.6) is 0 Å². The summed E-state index contributed by atoms with van der Waals surface area (Å²) in [6, 6.07) is 6.47. The van der Waals surface area contributed by atoms with E-state index in [0.29, 0.717) is 17.8 Å². The van der Waals surface area contributed by atoms with Gasteiger partial charge >= 0.3 is 0 Å². The van der Waals surface area contributed by atoms with E-state index < -0.39 is 0 Å². The molecule has 2 aliphatic heterocycles. The minimum atomic E-state index is 0.119. The molecule has 4 rings (SSSR count). The van der Waals surface area contributed by atoms with Crippen LogP contribution in [0.25, 0.3) is 0 Å². The molecule has 1 aromatic heterocycles. The predicted octanol–water partition coefficient (Wildman–Crippen LogP) is 2.09. The van der Waals surface area contributed by atoms with Crippen LogP contribution < -0.4 is 0 Å². The van der Waals surface area contributed by atoms with E-state index in [4.69, 9.17) is 0 Å². The molecule has 0 aromatic carbocycles. The number of amides is 1. The lowest BCUT2D eigenvalue weighted by atomic mass is 9.74. The van der Waals surface area contributed by atoms with Crippen molar-refractivity contribution in [3.05, 3.63) is 30.1 Å². The Bertz CT molecular complexity index is 392. The SMILES string of the molecule is CC1C[C@@H]2C[C@H](C1)N2C(=O)c1ccccn1. The highest BCUT2D eigenvalue weighted by Gasteiger charge is 2.46. The minimum Gasteiger partial charge on any atom is -0.331 e. The number of hydrogen-bond donors (Lipinski definition) is 0. The van der Waals surface area contributed by atoms with Gasteiger partial charge in [-0.05, 0) is 37.3 Å². The maximum absolute atomic E-state index is 12.2. The Morgan fingerprint density at radius 3 is 2.69 bits per heavy atom. The highest BCUT2D eigenvalue weighted by atomic mass is 16.2. The summed E-state index contributed by atoms with van der Waals surface area (Å²) in [5.41, 5.74) is 0.590. The zero-order valence-electron chi connectivity index (χ0n) is 9.47. The zero-order chi connectivity index (χ0) is 11.1. The van der Waals surface area contributed by atoms with Gasteiger partial charge in [0.05, 0.1) is 0 Å². The average Bonchev–Trinajstić information content (AvgIpc) is 2.29. The Balaban J connectivity index is 1.78. The first-order valence-corrected chi connectivity index (χ1v) is 5.99. The van der Waals surface area contributed by atoms with E-state index in [-0.39, 0.29) is 5.91 Å². The Labute approximate surface area is 95.5 Å². The zero-order valence-corrected chi connectivity index (χ0v) is 9.47. The molecule has 1 unspecified atom stereocenters. The summed E-state index contributed by atoms with van der Waals surface area (Å²) in [6.45, 7) is 2.28. The van der Waals surface area contributed by atoms with Gasteiger partial charge in [-0.25, -0.2) is 0 Å². The topological polar surface area (TPSA) is 33.2 Å². The fraction of sp³-hybridized carbons (Fsp3) is 0.538. The number of carbonyl (C=O) groups is 1. The summed E-state index contributed by atoms with van der Waals surface area (Å²) in [5.74, 6) is 0.894. The molecule has 1 aromatic rings. The molecule has 3 fully saturated rings. The van der Waals surface area contributed by atoms with Crippen LogP contribution in [0, 0.1) is 5.92 Å². The lowest BCUT2D eigenvalue weighted by Crippen LogP contribution is -2.62. The minimum absolute atomic E-state index is 0.119. The van der Waals surface area contributed by atoms with Gasteiger partial charge in [-0.1, -0.05) is 13.0 Å². The smallest absolute Gasteiger partial charge is 0.272 e. The summed E-state index contributed by atoms with van der Waals surface area (Å²) in [5, 5.41) is 0. The summed E-state index contributed by atoms with van der Waals surface area (Å²) in [4.78, 5) is 18.4. The van der Waals surface area contributed by atoms with E-state index in [2.05, 4.69) is 11.9 Å². The molecule has 3 nitrogen and oxygen atoms in total. The normalized spacial score (nSPS) is 32.1. The molecule has 3 heteroatoms. The number of aromatic nitrogens is 1. The van der Waals surface area contributed by atoms with Crippen LogP contribution in [0.3, 0.4) is 0 Å². The van der Waals surface area contributed by atoms with Crippen molar-refractivity contribution >= 4 is 5.91 Å². The molecule has 0 spiro atoms. The predicted molar refractivity (Wildman–Crippen MR) is 61.0 cm³/mol. The quantitative estimate of drug-likeness (QED) is 0.720. The summed E-state index contributed by atoms with van der Waals surface area (Å²) < 4.78 is 0. The first-order chi connectivity index (χ1) is 7.75. The lowest BCUT2D eigenvalue weighted by Gasteiger charge is -2.54. The van der Waals surface area contributed by atoms with Gasteiger partial charge in [0.1, 0.15) is 5.69 Å². The van der Waals surface area contributed by atoms with Crippen LogP contribution in [0.15, 0.2) is 24.4 Å². The molecule has 0 N–H and O–H groups in total. The van der Waals surface area contributed by atoms with Crippen LogP contribution in [-0.4, -0.2) is 27.9 Å². The highest BCUT2D eigenvalue weighted by Crippen LogP contribution is 2.41. The van der Waals surface area contributed by atoms with Crippen molar-refractivity contribution < 1.29 is 4.79 Å². The maximum Gasteiger partial charge on any atom is 0.272 e. The van der Waals surface area contributed by atoms with Gasteiger partial charge in [-0.3, -0.25) is 9.78 Å². The monoisotopic (exact) mass is 216 g/mol. The van der Waals surface area contributed by atoms with Gasteiger partial charge in [-0.15, -0.1) is 0 Å². The van der Waals surface area contributed by atoms with Crippen molar-refractivity contribution in [3.63, 3.8) is 0 Å². The Kier molecular flexibility index (Phi) is 2.20. The maximum atomic E-state index is 12.2. The first-order valence-electron chi connectivity index (χ1n) is 5.99. The van der Waals surface area contributed by atoms with E-state index >= 15 is 0 Å². The molecule has 0 radical (unpaired) electrons. The summed E-state index contributed by atoms with van der Waals surface area (Å²) in [7, 11) is 0. The number of hydrogen-bond acceptors (Lipinski definition) is 2. The molecular weight excluding hydrogens is 200 g/mol. The molecule has 84 valence electrons. The van der Waals surface area contributed by atoms with Crippen molar-refractivity contribution in [1.82, 2.24) is 9.88 Å². The molecule has 3 atom stereocenters. The molecule has 1 amide bonds. The van der Waals surface area contributed by atoms with E-state index in [1.165, 1.54) is 6.42 Å². The van der Waals surface area contributed by atoms with Crippen molar-refractivity contribution in [1.29, 1.82) is 0 Å². The van der Waals surface area contributed by atoms with Crippen LogP contribution in [-0.2, 0) is 0 Å². The highest BCUT2D eigenvalue weighted by molar-refractivity contribution is 5.93. The second-order valence-corrected chi connectivity index (χ2v) is 5.05. The van der Waals surface area contributed by atoms with Gasteiger partial charge in [0.15, 0.2) is 0 Å². The van der Waals surface area contributed by atoms with Crippen LogP contribution in [0.4, 0.5) is 0 Å². The molecule has 16 heavy (non-hydrogen) atoms. The van der Waals surface area contributed by atoms with Crippen molar-refractivity contribution in [2.45, 2.75) is 38.3 Å². The van der Waals surface area contributed by atoms with Gasteiger partial charge in [0.25, 0.3) is 5.91 Å². The third-order valence-corrected chi connectivity index (χ3v) is 3.80. The number of nitrogens with zero attached hydrogens (tertiary/aromatic N) is 2. The standard InChI is InChI=1S/C13H16N2O/c1-9-6-10-8-11(7-9)15(10)13(16)12-4-2-3-5-14-12/h2-5,9-11H,6-8H2,1H3/t9?,10-,11+. The molecule has 1 aliphatic carbocycles. The Morgan fingerprint density at radius 2 is 2.06 bits per heavy atom. The van der Waals surface area contributed by atoms with Crippen LogP contribution in [0.2, 0.25) is 0 Å². The summed E-state index contributed by atoms with van der Waals surface area (Å²) in [6.07, 6.45) is 5.21. The lowest BCUT2D eigenvalue weighted by molar-refractivity contribution is -0.0284. The molecule has 3 aliphatic rings. The van der Waals surface area contributed by atoms with Crippen molar-refractivity contribution in [2.75, 3.05) is 0 Å². The van der Waals surface area contributed by atoms with Crippen LogP contribution in [0.1, 0.15) is 36.7 Å². The fourth-order valence-electron chi connectivity index (χ4n) is 3.10. The van der Waals surface area contributed by atoms with Crippen LogP contribution >= 0.6 is 0 Å². The van der Waals surface area contributed by atoms with Gasteiger partial charge in [0.2, 0.25) is 0 Å². The first kappa shape index (κ1) is 9.82. The summed E-state index contributed by atoms with van der Waals surface area (Å²) >= 11 is 0. The largest absolute Gasteiger partial charge is 0.331 e. The number of piperidine rings is 1. The number of carbonyl (C=O) groups excluding carboxylic acids is 1. The number of rotatable bonds is 1. The third-order valence-electron chi connectivity index (χ3n) is 3.80. The molecule has 2 bridgehead atoms. The van der Waals surface area contributed by atoms with Gasteiger partial charge in [-0.2, -0.15) is 0 Å². The third kappa shape index (κ3) is 1.42. The average molecular weight is 216 g/mol. The van der Waals surface area contributed by atoms with Gasteiger partial charge in [0, 0.05) is 18.3 Å². The molecular formula is C13H16N2O.